The molecule has 3 rings (SSSR count). The maximum absolute atomic E-state index is 12.7. The van der Waals surface area contributed by atoms with E-state index in [-0.39, 0.29) is 11.6 Å². The predicted octanol–water partition coefficient (Wildman–Crippen LogP) is 1.96. The van der Waals surface area contributed by atoms with Gasteiger partial charge in [0, 0.05) is 17.2 Å². The van der Waals surface area contributed by atoms with Crippen LogP contribution >= 0.6 is 0 Å². The van der Waals surface area contributed by atoms with E-state index in [2.05, 4.69) is 10.4 Å². The Balaban J connectivity index is 1.98. The lowest BCUT2D eigenvalue weighted by Crippen LogP contribution is -2.18. The third-order valence-electron chi connectivity index (χ3n) is 4.34. The van der Waals surface area contributed by atoms with Crippen molar-refractivity contribution in [2.45, 2.75) is 0 Å². The molecular formula is C22H20N6O3. The number of hydrogen-bond donors (Lipinski definition) is 5. The molecule has 0 saturated carbocycles. The maximum atomic E-state index is 12.7. The van der Waals surface area contributed by atoms with Gasteiger partial charge in [0.05, 0.1) is 11.3 Å². The number of aliphatic imine (C=N–C) groups is 1. The molecule has 9 heteroatoms. The zero-order chi connectivity index (χ0) is 22.4. The number of carbonyl (C=O) groups is 2. The topological polar surface area (TPSA) is 170 Å². The van der Waals surface area contributed by atoms with Crippen LogP contribution in [0, 0.1) is 5.41 Å². The van der Waals surface area contributed by atoms with Gasteiger partial charge < -0.3 is 21.6 Å². The summed E-state index contributed by atoms with van der Waals surface area (Å²) in [7, 11) is 0. The van der Waals surface area contributed by atoms with Gasteiger partial charge in [-0.3, -0.25) is 10.2 Å². The van der Waals surface area contributed by atoms with E-state index in [9.17, 15) is 9.59 Å². The van der Waals surface area contributed by atoms with Crippen LogP contribution in [0.15, 0.2) is 65.7 Å². The van der Waals surface area contributed by atoms with Crippen molar-refractivity contribution in [3.8, 4) is 5.75 Å². The van der Waals surface area contributed by atoms with E-state index in [0.717, 1.165) is 5.39 Å². The lowest BCUT2D eigenvalue weighted by molar-refractivity contribution is -0.113. The number of amidine groups is 1. The molecule has 8 N–H and O–H groups in total. The maximum Gasteiger partial charge on any atom is 0.343 e. The monoisotopic (exact) mass is 416 g/mol. The molecule has 0 radical (unpaired) electrons. The summed E-state index contributed by atoms with van der Waals surface area (Å²) in [6.07, 6.45) is 3.99. The van der Waals surface area contributed by atoms with Crippen molar-refractivity contribution in [2.24, 2.45) is 22.3 Å². The molecule has 0 fully saturated rings. The average molecular weight is 416 g/mol. The second-order valence-electron chi connectivity index (χ2n) is 6.42. The molecule has 31 heavy (non-hydrogen) atoms. The van der Waals surface area contributed by atoms with Crippen LogP contribution in [0.3, 0.4) is 0 Å². The van der Waals surface area contributed by atoms with E-state index in [1.54, 1.807) is 54.6 Å². The first-order chi connectivity index (χ1) is 14.9. The number of amides is 1. The quantitative estimate of drug-likeness (QED) is 0.0749. The molecule has 0 heterocycles. The summed E-state index contributed by atoms with van der Waals surface area (Å²) in [4.78, 5) is 28.0. The van der Waals surface area contributed by atoms with Crippen molar-refractivity contribution in [3.63, 3.8) is 0 Å². The minimum absolute atomic E-state index is 0.0679. The molecule has 3 aromatic rings. The van der Waals surface area contributed by atoms with Crippen LogP contribution in [0.4, 0.5) is 5.69 Å². The Hall–Kier alpha value is -4.50. The highest BCUT2D eigenvalue weighted by atomic mass is 16.5. The van der Waals surface area contributed by atoms with Gasteiger partial charge in [-0.25, -0.2) is 15.6 Å². The van der Waals surface area contributed by atoms with Gasteiger partial charge >= 0.3 is 5.97 Å². The lowest BCUT2D eigenvalue weighted by Gasteiger charge is -2.12. The highest BCUT2D eigenvalue weighted by Gasteiger charge is 2.14. The number of nitrogen functional groups attached to an aromatic ring is 1. The molecule has 9 nitrogen and oxygen atoms in total. The third kappa shape index (κ3) is 5.11. The fraction of sp³-hybridized carbons (Fsp3) is 0. The fourth-order valence-corrected chi connectivity index (χ4v) is 2.88. The Kier molecular flexibility index (Phi) is 6.39. The summed E-state index contributed by atoms with van der Waals surface area (Å²) in [5.41, 5.74) is 15.1. The smallest absolute Gasteiger partial charge is 0.343 e. The first kappa shape index (κ1) is 21.2. The number of benzene rings is 3. The number of hydrazine groups is 1. The molecule has 3 aromatic carbocycles. The van der Waals surface area contributed by atoms with Crippen molar-refractivity contribution in [2.75, 3.05) is 0 Å². The number of carbonyl (C=O) groups excluding carboxylic acids is 2. The SMILES string of the molecule is N=C(N)c1ccc2c(C=CC(N)=O)c(OC(=O)c3ccc(N=CNN)cc3)ccc2c1. The van der Waals surface area contributed by atoms with E-state index in [1.807, 2.05) is 0 Å². The van der Waals surface area contributed by atoms with E-state index in [1.165, 1.54) is 18.5 Å². The lowest BCUT2D eigenvalue weighted by atomic mass is 10.00. The van der Waals surface area contributed by atoms with Crippen LogP contribution in [0.25, 0.3) is 16.8 Å². The zero-order valence-corrected chi connectivity index (χ0v) is 16.3. The highest BCUT2D eigenvalue weighted by Crippen LogP contribution is 2.31. The standard InChI is InChI=1S/C22H20N6O3/c23-20(29)10-8-18-17-7-3-15(21(24)25)11-14(17)4-9-19(18)31-22(30)13-1-5-16(6-2-13)27-12-28-26/h1-12H,26H2,(H2,23,29)(H3,24,25)(H,27,28). The normalized spacial score (nSPS) is 11.1. The fourth-order valence-electron chi connectivity index (χ4n) is 2.88. The van der Waals surface area contributed by atoms with Crippen molar-refractivity contribution in [3.05, 3.63) is 77.4 Å². The number of fused-ring (bicyclic) bond motifs is 1. The second-order valence-corrected chi connectivity index (χ2v) is 6.42. The number of primary amides is 1. The Morgan fingerprint density at radius 1 is 1.00 bits per heavy atom. The zero-order valence-electron chi connectivity index (χ0n) is 16.3. The molecule has 0 spiro atoms. The molecule has 0 unspecified atom stereocenters. The Bertz CT molecular complexity index is 1220. The largest absolute Gasteiger partial charge is 0.422 e. The first-order valence-corrected chi connectivity index (χ1v) is 9.08. The van der Waals surface area contributed by atoms with Crippen LogP contribution in [0.1, 0.15) is 21.5 Å². The summed E-state index contributed by atoms with van der Waals surface area (Å²) in [5, 5.41) is 9.06. The molecule has 0 saturated heterocycles. The number of ether oxygens (including phenoxy) is 1. The number of esters is 1. The van der Waals surface area contributed by atoms with Crippen molar-refractivity contribution < 1.29 is 14.3 Å². The Labute approximate surface area is 177 Å². The van der Waals surface area contributed by atoms with Gasteiger partial charge in [0.15, 0.2) is 0 Å². The molecule has 0 bridgehead atoms. The summed E-state index contributed by atoms with van der Waals surface area (Å²) < 4.78 is 5.59. The van der Waals surface area contributed by atoms with Gasteiger partial charge in [0.1, 0.15) is 17.9 Å². The van der Waals surface area contributed by atoms with E-state index in [0.29, 0.717) is 27.8 Å². The minimum Gasteiger partial charge on any atom is -0.422 e. The number of nitrogens with two attached hydrogens (primary N) is 3. The minimum atomic E-state index is -0.641. The van der Waals surface area contributed by atoms with Gasteiger partial charge in [0.25, 0.3) is 0 Å². The summed E-state index contributed by atoms with van der Waals surface area (Å²) in [5.74, 6) is 4.09. The van der Waals surface area contributed by atoms with Crippen molar-refractivity contribution in [1.29, 1.82) is 5.41 Å². The summed E-state index contributed by atoms with van der Waals surface area (Å²) in [6.45, 7) is 0. The Morgan fingerprint density at radius 3 is 2.35 bits per heavy atom. The van der Waals surface area contributed by atoms with Crippen LogP contribution < -0.4 is 27.5 Å². The molecule has 0 aromatic heterocycles. The molecule has 0 aliphatic carbocycles. The van der Waals surface area contributed by atoms with E-state index >= 15 is 0 Å². The molecular weight excluding hydrogens is 396 g/mol. The van der Waals surface area contributed by atoms with Crippen LogP contribution in [-0.4, -0.2) is 24.1 Å². The number of nitrogens with zero attached hydrogens (tertiary/aromatic N) is 1. The third-order valence-corrected chi connectivity index (χ3v) is 4.34. The van der Waals surface area contributed by atoms with Crippen LogP contribution in [-0.2, 0) is 4.79 Å². The van der Waals surface area contributed by atoms with Gasteiger partial charge in [0.2, 0.25) is 5.91 Å². The van der Waals surface area contributed by atoms with Crippen molar-refractivity contribution in [1.82, 2.24) is 5.43 Å². The molecule has 0 atom stereocenters. The highest BCUT2D eigenvalue weighted by molar-refractivity contribution is 6.03. The first-order valence-electron chi connectivity index (χ1n) is 9.08. The number of hydrogen-bond acceptors (Lipinski definition) is 6. The van der Waals surface area contributed by atoms with Gasteiger partial charge in [-0.05, 0) is 53.2 Å². The van der Waals surface area contributed by atoms with Crippen LogP contribution in [0.5, 0.6) is 5.75 Å². The summed E-state index contributed by atoms with van der Waals surface area (Å²) >= 11 is 0. The van der Waals surface area contributed by atoms with Gasteiger partial charge in [-0.1, -0.05) is 18.2 Å². The van der Waals surface area contributed by atoms with Crippen molar-refractivity contribution >= 4 is 46.6 Å². The van der Waals surface area contributed by atoms with Gasteiger partial charge in [-0.2, -0.15) is 0 Å². The van der Waals surface area contributed by atoms with E-state index < -0.39 is 11.9 Å². The molecule has 0 aliphatic heterocycles. The second kappa shape index (κ2) is 9.33. The Morgan fingerprint density at radius 2 is 1.71 bits per heavy atom. The molecule has 0 aliphatic rings. The number of rotatable bonds is 7. The molecule has 1 amide bonds. The van der Waals surface area contributed by atoms with Gasteiger partial charge in [-0.15, -0.1) is 0 Å². The summed E-state index contributed by atoms with van der Waals surface area (Å²) in [6, 6.07) is 14.9. The van der Waals surface area contributed by atoms with E-state index in [4.69, 9.17) is 27.5 Å². The number of nitrogens with one attached hydrogen (secondary N) is 2. The molecule has 156 valence electrons. The average Bonchev–Trinajstić information content (AvgIpc) is 2.76. The predicted molar refractivity (Wildman–Crippen MR) is 120 cm³/mol. The van der Waals surface area contributed by atoms with Crippen LogP contribution in [0.2, 0.25) is 0 Å².